The molecule has 0 atom stereocenters. The molecule has 0 unspecified atom stereocenters. The largest absolute Gasteiger partial charge is 0.454 e. The molecule has 5 aromatic carbocycles. The molecule has 1 heterocycles. The van der Waals surface area contributed by atoms with Gasteiger partial charge in [-0.3, -0.25) is 14.4 Å². The Kier molecular flexibility index (Phi) is 0.885. The summed E-state index contributed by atoms with van der Waals surface area (Å²) in [6.45, 7) is 0. The summed E-state index contributed by atoms with van der Waals surface area (Å²) in [6, 6.07) is 3.55. The molecule has 86 valence electrons. The van der Waals surface area contributed by atoms with Gasteiger partial charge in [0.1, 0.15) is 11.2 Å². The molecule has 0 aliphatic carbocycles. The molecule has 19 heavy (non-hydrogen) atoms. The fourth-order valence-corrected chi connectivity index (χ4v) is 3.22. The normalized spacial score (nSPS) is 13.9. The van der Waals surface area contributed by atoms with Crippen molar-refractivity contribution in [2.24, 2.45) is 0 Å². The van der Waals surface area contributed by atoms with Crippen molar-refractivity contribution in [3.05, 3.63) is 42.8 Å². The molecule has 0 aliphatic heterocycles. The summed E-state index contributed by atoms with van der Waals surface area (Å²) in [5.41, 5.74) is 0.841. The lowest BCUT2D eigenvalue weighted by molar-refractivity contribution is 0.677. The number of fused-ring (bicyclic) bond motifs is 10. The topological polar surface area (TPSA) is 64.3 Å². The Hall–Kier alpha value is -2.75. The molecule has 0 N–H and O–H groups in total. The lowest BCUT2D eigenvalue weighted by Gasteiger charge is -1.82. The van der Waals surface area contributed by atoms with Crippen LogP contribution in [0.25, 0.3) is 54.3 Å². The molecule has 4 heteroatoms. The van der Waals surface area contributed by atoms with Crippen molar-refractivity contribution in [3.8, 4) is 0 Å². The SMILES string of the molecule is O=c1c2ccc3c(oc4c5c(=O)c5c5c(=O)c5c34)c12. The second kappa shape index (κ2) is 2.01. The van der Waals surface area contributed by atoms with E-state index in [0.29, 0.717) is 48.9 Å². The van der Waals surface area contributed by atoms with Crippen molar-refractivity contribution in [3.63, 3.8) is 0 Å². The van der Waals surface area contributed by atoms with E-state index in [0.717, 1.165) is 5.39 Å². The molecular formula is C15H2O4. The molecule has 0 fully saturated rings. The van der Waals surface area contributed by atoms with Crippen LogP contribution < -0.4 is 16.3 Å². The van der Waals surface area contributed by atoms with Gasteiger partial charge >= 0.3 is 0 Å². The predicted molar refractivity (Wildman–Crippen MR) is 72.2 cm³/mol. The third-order valence-corrected chi connectivity index (χ3v) is 4.28. The fraction of sp³-hybridized carbons (Fsp3) is 0. The third-order valence-electron chi connectivity index (χ3n) is 4.28. The minimum absolute atomic E-state index is 0.00579. The van der Waals surface area contributed by atoms with Gasteiger partial charge in [-0.05, 0) is 12.1 Å². The van der Waals surface area contributed by atoms with E-state index >= 15 is 0 Å². The third kappa shape index (κ3) is 0.649. The summed E-state index contributed by atoms with van der Waals surface area (Å²) in [7, 11) is 0. The summed E-state index contributed by atoms with van der Waals surface area (Å²) in [4.78, 5) is 35.1. The highest BCUT2D eigenvalue weighted by Gasteiger charge is 2.34. The van der Waals surface area contributed by atoms with Crippen LogP contribution in [0.3, 0.4) is 0 Å². The molecule has 1 aromatic heterocycles. The van der Waals surface area contributed by atoms with Crippen LogP contribution in [0.15, 0.2) is 30.9 Å². The average Bonchev–Trinajstić information content (AvgIpc) is 3.33. The van der Waals surface area contributed by atoms with E-state index in [1.807, 2.05) is 0 Å². The predicted octanol–water partition coefficient (Wildman–Crippen LogP) is 1.75. The highest BCUT2D eigenvalue weighted by Crippen LogP contribution is 2.44. The first-order chi connectivity index (χ1) is 9.20. The number of hydrogen-bond acceptors (Lipinski definition) is 4. The first kappa shape index (κ1) is 8.37. The van der Waals surface area contributed by atoms with Crippen molar-refractivity contribution >= 4 is 54.3 Å². The number of rotatable bonds is 0. The smallest absolute Gasteiger partial charge is 0.199 e. The van der Waals surface area contributed by atoms with Gasteiger partial charge in [-0.1, -0.05) is 0 Å². The Morgan fingerprint density at radius 1 is 0.579 bits per heavy atom. The molecule has 6 rings (SSSR count). The van der Waals surface area contributed by atoms with Crippen molar-refractivity contribution in [1.29, 1.82) is 0 Å². The van der Waals surface area contributed by atoms with Crippen LogP contribution >= 0.6 is 0 Å². The van der Waals surface area contributed by atoms with Gasteiger partial charge in [0, 0.05) is 32.3 Å². The number of hydrogen-bond donors (Lipinski definition) is 0. The van der Waals surface area contributed by atoms with Gasteiger partial charge in [-0.25, -0.2) is 0 Å². The zero-order valence-electron chi connectivity index (χ0n) is 9.29. The van der Waals surface area contributed by atoms with Crippen molar-refractivity contribution < 1.29 is 4.42 Å². The molecule has 0 saturated carbocycles. The van der Waals surface area contributed by atoms with Crippen LogP contribution in [0, 0.1) is 0 Å². The van der Waals surface area contributed by atoms with Crippen molar-refractivity contribution in [1.82, 2.24) is 0 Å². The molecule has 0 amide bonds. The zero-order valence-corrected chi connectivity index (χ0v) is 9.29. The second-order valence-corrected chi connectivity index (χ2v) is 5.16. The minimum Gasteiger partial charge on any atom is -0.454 e. The monoisotopic (exact) mass is 246 g/mol. The van der Waals surface area contributed by atoms with Crippen molar-refractivity contribution in [2.45, 2.75) is 0 Å². The van der Waals surface area contributed by atoms with Gasteiger partial charge in [0.15, 0.2) is 16.3 Å². The maximum Gasteiger partial charge on any atom is 0.199 e. The van der Waals surface area contributed by atoms with Crippen LogP contribution in [-0.4, -0.2) is 0 Å². The molecule has 0 bridgehead atoms. The standard InChI is InChI=1S/C15H2O4/c16-11-3-1-2-4-5-7-8(12(7)17)9-10(13(9)18)15(5)19-14(4)6(3)11/h1-2H. The molecule has 0 radical (unpaired) electrons. The lowest BCUT2D eigenvalue weighted by atomic mass is 10.1. The summed E-state index contributed by atoms with van der Waals surface area (Å²) in [6.07, 6.45) is 0. The Morgan fingerprint density at radius 3 is 2.05 bits per heavy atom. The Morgan fingerprint density at radius 2 is 1.21 bits per heavy atom. The summed E-state index contributed by atoms with van der Waals surface area (Å²) in [5, 5.41) is 4.96. The number of benzene rings is 2. The van der Waals surface area contributed by atoms with Gasteiger partial charge < -0.3 is 4.42 Å². The highest BCUT2D eigenvalue weighted by molar-refractivity contribution is 6.41. The quantitative estimate of drug-likeness (QED) is 0.409. The molecule has 0 aliphatic rings. The van der Waals surface area contributed by atoms with Crippen LogP contribution in [0.5, 0.6) is 0 Å². The van der Waals surface area contributed by atoms with Crippen LogP contribution in [-0.2, 0) is 0 Å². The van der Waals surface area contributed by atoms with Gasteiger partial charge in [0.2, 0.25) is 0 Å². The summed E-state index contributed by atoms with van der Waals surface area (Å²) < 4.78 is 5.73. The molecule has 6 aromatic rings. The molecule has 0 spiro atoms. The van der Waals surface area contributed by atoms with Crippen LogP contribution in [0.2, 0.25) is 0 Å². The lowest BCUT2D eigenvalue weighted by Crippen LogP contribution is -1.74. The maximum absolute atomic E-state index is 11.8. The number of furan rings is 1. The van der Waals surface area contributed by atoms with E-state index in [4.69, 9.17) is 4.42 Å². The van der Waals surface area contributed by atoms with E-state index in [2.05, 4.69) is 0 Å². The van der Waals surface area contributed by atoms with E-state index in [1.54, 1.807) is 12.1 Å². The van der Waals surface area contributed by atoms with Gasteiger partial charge in [-0.15, -0.1) is 0 Å². The Balaban J connectivity index is 2.12. The Bertz CT molecular complexity index is 1390. The summed E-state index contributed by atoms with van der Waals surface area (Å²) >= 11 is 0. The van der Waals surface area contributed by atoms with Crippen molar-refractivity contribution in [2.75, 3.05) is 0 Å². The molecular weight excluding hydrogens is 244 g/mol. The van der Waals surface area contributed by atoms with E-state index < -0.39 is 0 Å². The van der Waals surface area contributed by atoms with E-state index in [-0.39, 0.29) is 16.3 Å². The zero-order chi connectivity index (χ0) is 12.6. The second-order valence-electron chi connectivity index (χ2n) is 5.16. The molecule has 4 nitrogen and oxygen atoms in total. The maximum atomic E-state index is 11.8. The van der Waals surface area contributed by atoms with Crippen LogP contribution in [0.1, 0.15) is 0 Å². The first-order valence-corrected chi connectivity index (χ1v) is 5.93. The Labute approximate surface area is 102 Å². The van der Waals surface area contributed by atoms with Gasteiger partial charge in [0.05, 0.1) is 10.8 Å². The fourth-order valence-electron chi connectivity index (χ4n) is 3.22. The first-order valence-electron chi connectivity index (χ1n) is 5.93. The minimum atomic E-state index is -0.0940. The van der Waals surface area contributed by atoms with E-state index in [1.165, 1.54) is 0 Å². The van der Waals surface area contributed by atoms with E-state index in [9.17, 15) is 14.4 Å². The highest BCUT2D eigenvalue weighted by atomic mass is 16.3. The average molecular weight is 246 g/mol. The van der Waals surface area contributed by atoms with Gasteiger partial charge in [0.25, 0.3) is 0 Å². The van der Waals surface area contributed by atoms with Crippen LogP contribution in [0.4, 0.5) is 0 Å². The van der Waals surface area contributed by atoms with Gasteiger partial charge in [-0.2, -0.15) is 0 Å². The summed E-state index contributed by atoms with van der Waals surface area (Å²) in [5.74, 6) is 0. The molecule has 0 saturated heterocycles.